The van der Waals surface area contributed by atoms with E-state index in [1.807, 2.05) is 0 Å². The number of hydrogen-bond acceptors (Lipinski definition) is 0. The summed E-state index contributed by atoms with van der Waals surface area (Å²) in [4.78, 5) is 0. The van der Waals surface area contributed by atoms with Crippen LogP contribution < -0.4 is 0 Å². The Morgan fingerprint density at radius 3 is 1.08 bits per heavy atom. The van der Waals surface area contributed by atoms with Gasteiger partial charge in [0.15, 0.2) is 0 Å². The van der Waals surface area contributed by atoms with Gasteiger partial charge in [0.05, 0.1) is 0 Å². The second-order valence-electron chi connectivity index (χ2n) is 4.77. The average molecular weight is 428 g/mol. The van der Waals surface area contributed by atoms with Crippen LogP contribution in [0.5, 0.6) is 0 Å². The van der Waals surface area contributed by atoms with Gasteiger partial charge in [0.1, 0.15) is 0 Å². The van der Waals surface area contributed by atoms with Crippen LogP contribution in [0.2, 0.25) is 0 Å². The summed E-state index contributed by atoms with van der Waals surface area (Å²) in [6.45, 7) is 0. The second kappa shape index (κ2) is 6.65. The van der Waals surface area contributed by atoms with Crippen molar-refractivity contribution in [3.05, 3.63) is 12.2 Å². The van der Waals surface area contributed by atoms with Gasteiger partial charge in [-0.05, 0) is 6.08 Å². The van der Waals surface area contributed by atoms with Gasteiger partial charge in [-0.15, -0.1) is 0 Å². The van der Waals surface area contributed by atoms with E-state index >= 15 is 0 Å². The molecule has 0 heterocycles. The van der Waals surface area contributed by atoms with E-state index in [1.54, 1.807) is 0 Å². The molecule has 0 N–H and O–H groups in total. The second-order valence-corrected chi connectivity index (χ2v) is 4.77. The molecule has 0 aliphatic heterocycles. The predicted molar refractivity (Wildman–Crippen MR) is 50.3 cm³/mol. The van der Waals surface area contributed by atoms with E-state index in [4.69, 9.17) is 0 Å². The van der Waals surface area contributed by atoms with Crippen molar-refractivity contribution in [3.63, 3.8) is 0 Å². The maximum absolute atomic E-state index is 13.6. The molecule has 0 nitrogen and oxygen atoms in total. The maximum Gasteiger partial charge on any atom is 0.432 e. The highest BCUT2D eigenvalue weighted by Crippen LogP contribution is 2.57. The number of alkyl halides is 14. The van der Waals surface area contributed by atoms with Crippen molar-refractivity contribution in [2.75, 3.05) is 0 Å². The molecule has 0 fully saturated rings. The molecule has 0 aromatic heterocycles. The van der Waals surface area contributed by atoms with Crippen molar-refractivity contribution < 1.29 is 70.2 Å². The van der Waals surface area contributed by atoms with Crippen LogP contribution in [0.3, 0.4) is 0 Å². The summed E-state index contributed by atoms with van der Waals surface area (Å²) in [6, 6.07) is 0. The first-order valence-corrected chi connectivity index (χ1v) is 5.70. The lowest BCUT2D eigenvalue weighted by atomic mass is 9.79. The Balaban J connectivity index is 6.68. The molecule has 0 rings (SSSR count). The molecule has 0 aliphatic carbocycles. The van der Waals surface area contributed by atoms with Crippen LogP contribution in [-0.2, 0) is 0 Å². The minimum absolute atomic E-state index is 1.80. The van der Waals surface area contributed by atoms with E-state index in [1.165, 1.54) is 0 Å². The van der Waals surface area contributed by atoms with Crippen LogP contribution >= 0.6 is 0 Å². The molecule has 0 spiro atoms. The Bertz CT molecular complexity index is 481. The first-order chi connectivity index (χ1) is 11.0. The molecular formula is C10H4F16. The fourth-order valence-corrected chi connectivity index (χ4v) is 1.74. The Morgan fingerprint density at radius 2 is 0.885 bits per heavy atom. The van der Waals surface area contributed by atoms with E-state index in [0.717, 1.165) is 0 Å². The van der Waals surface area contributed by atoms with Gasteiger partial charge in [0.25, 0.3) is 11.7 Å². The third-order valence-corrected chi connectivity index (χ3v) is 3.06. The van der Waals surface area contributed by atoms with Crippen LogP contribution in [0.15, 0.2) is 12.2 Å². The summed E-state index contributed by atoms with van der Waals surface area (Å²) in [7, 11) is 0. The molecule has 16 heteroatoms. The summed E-state index contributed by atoms with van der Waals surface area (Å²) in [6.07, 6.45) is -38.5. The molecule has 1 atom stereocenters. The highest BCUT2D eigenvalue weighted by Gasteiger charge is 2.80. The zero-order chi connectivity index (χ0) is 21.6. The van der Waals surface area contributed by atoms with Gasteiger partial charge in [-0.3, -0.25) is 0 Å². The van der Waals surface area contributed by atoms with Gasteiger partial charge in [-0.1, -0.05) is 0 Å². The molecule has 26 heavy (non-hydrogen) atoms. The number of allylic oxidation sites excluding steroid dienone is 1. The quantitative estimate of drug-likeness (QED) is 0.453. The van der Waals surface area contributed by atoms with Crippen molar-refractivity contribution in [3.8, 4) is 0 Å². The molecule has 1 unspecified atom stereocenters. The molecule has 0 bridgehead atoms. The van der Waals surface area contributed by atoms with E-state index in [2.05, 4.69) is 0 Å². The lowest BCUT2D eigenvalue weighted by Gasteiger charge is -2.39. The fraction of sp³-hybridized carbons (Fsp3) is 0.800. The molecular weight excluding hydrogens is 424 g/mol. The normalized spacial score (nSPS) is 16.5. The van der Waals surface area contributed by atoms with Crippen LogP contribution in [0.25, 0.3) is 0 Å². The van der Waals surface area contributed by atoms with Gasteiger partial charge in [-0.25, -0.2) is 8.78 Å². The fourth-order valence-electron chi connectivity index (χ4n) is 1.74. The SMILES string of the molecule is FC(F)=CC(CC(F)(C(F)(F)F)C(F)(F)F)C(F)(C(F)(F)F)C(F)(F)F. The average Bonchev–Trinajstić information content (AvgIpc) is 2.30. The molecule has 0 aliphatic rings. The van der Waals surface area contributed by atoms with Gasteiger partial charge in [-0.2, -0.15) is 61.5 Å². The summed E-state index contributed by atoms with van der Waals surface area (Å²) >= 11 is 0. The van der Waals surface area contributed by atoms with Crippen molar-refractivity contribution >= 4 is 0 Å². The zero-order valence-electron chi connectivity index (χ0n) is 11.4. The third-order valence-electron chi connectivity index (χ3n) is 3.06. The Hall–Kier alpha value is -1.38. The van der Waals surface area contributed by atoms with Crippen LogP contribution in [-0.4, -0.2) is 36.0 Å². The first-order valence-electron chi connectivity index (χ1n) is 5.70. The maximum atomic E-state index is 13.6. The molecule has 0 saturated carbocycles. The Labute approximate surface area is 132 Å². The van der Waals surface area contributed by atoms with E-state index in [-0.39, 0.29) is 0 Å². The van der Waals surface area contributed by atoms with Crippen molar-refractivity contribution in [2.24, 2.45) is 5.92 Å². The van der Waals surface area contributed by atoms with E-state index < -0.39 is 60.5 Å². The lowest BCUT2D eigenvalue weighted by Crippen LogP contribution is -2.62. The highest BCUT2D eigenvalue weighted by molar-refractivity contribution is 5.12. The van der Waals surface area contributed by atoms with E-state index in [0.29, 0.717) is 0 Å². The van der Waals surface area contributed by atoms with Gasteiger partial charge in [0.2, 0.25) is 0 Å². The standard InChI is InChI=1S/C10H4F16/c11-4(12)1-3(6(14,9(21,22)23)10(24,25)26)2-5(13,7(15,16)17)8(18,19)20/h1,3H,2H2. The van der Waals surface area contributed by atoms with Gasteiger partial charge < -0.3 is 0 Å². The minimum atomic E-state index is -7.31. The van der Waals surface area contributed by atoms with Crippen LogP contribution in [0.4, 0.5) is 70.2 Å². The Morgan fingerprint density at radius 1 is 0.577 bits per heavy atom. The van der Waals surface area contributed by atoms with Gasteiger partial charge in [0, 0.05) is 12.3 Å². The van der Waals surface area contributed by atoms with E-state index in [9.17, 15) is 70.2 Å². The van der Waals surface area contributed by atoms with Crippen molar-refractivity contribution in [2.45, 2.75) is 42.5 Å². The molecule has 156 valence electrons. The third kappa shape index (κ3) is 4.29. The molecule has 0 radical (unpaired) electrons. The van der Waals surface area contributed by atoms with Crippen LogP contribution in [0, 0.1) is 5.92 Å². The van der Waals surface area contributed by atoms with Gasteiger partial charge >= 0.3 is 30.4 Å². The van der Waals surface area contributed by atoms with Crippen molar-refractivity contribution in [1.82, 2.24) is 0 Å². The minimum Gasteiger partial charge on any atom is -0.224 e. The smallest absolute Gasteiger partial charge is 0.224 e. The summed E-state index contributed by atoms with van der Waals surface area (Å²) in [5.74, 6) is -4.94. The molecule has 0 aromatic rings. The summed E-state index contributed by atoms with van der Waals surface area (Å²) in [5, 5.41) is 0. The summed E-state index contributed by atoms with van der Waals surface area (Å²) < 4.78 is 199. The van der Waals surface area contributed by atoms with Crippen LogP contribution in [0.1, 0.15) is 6.42 Å². The number of halogens is 16. The molecule has 0 amide bonds. The first kappa shape index (κ1) is 24.6. The summed E-state index contributed by atoms with van der Waals surface area (Å²) in [5.41, 5.74) is -13.9. The number of rotatable bonds is 4. The Kier molecular flexibility index (Phi) is 6.30. The zero-order valence-corrected chi connectivity index (χ0v) is 11.4. The largest absolute Gasteiger partial charge is 0.432 e. The highest BCUT2D eigenvalue weighted by atomic mass is 19.4. The van der Waals surface area contributed by atoms with Crippen molar-refractivity contribution in [1.29, 1.82) is 0 Å². The number of hydrogen-bond donors (Lipinski definition) is 0. The monoisotopic (exact) mass is 428 g/mol. The topological polar surface area (TPSA) is 0 Å². The molecule has 0 saturated heterocycles. The predicted octanol–water partition coefficient (Wildman–Crippen LogP) is 6.44. The molecule has 0 aromatic carbocycles. The lowest BCUT2D eigenvalue weighted by molar-refractivity contribution is -0.375.